The smallest absolute Gasteiger partial charge is 0.176 e. The van der Waals surface area contributed by atoms with Gasteiger partial charge in [0.15, 0.2) is 5.78 Å². The number of hydrogen-bond donors (Lipinski definition) is 1. The number of nitrogens with zero attached hydrogens (tertiary/aromatic N) is 2. The van der Waals surface area contributed by atoms with Crippen LogP contribution in [0.4, 0.5) is 15.8 Å². The molecule has 1 saturated heterocycles. The third-order valence-electron chi connectivity index (χ3n) is 4.21. The van der Waals surface area contributed by atoms with Gasteiger partial charge in [-0.1, -0.05) is 12.1 Å². The maximum atomic E-state index is 13.9. The molecular formula is C18H20FN3O. The van der Waals surface area contributed by atoms with E-state index in [1.165, 1.54) is 6.07 Å². The second kappa shape index (κ2) is 6.79. The Bertz CT molecular complexity index is 679. The van der Waals surface area contributed by atoms with Crippen LogP contribution in [0.3, 0.4) is 0 Å². The maximum Gasteiger partial charge on any atom is 0.176 e. The molecule has 0 aliphatic carbocycles. The van der Waals surface area contributed by atoms with Gasteiger partial charge in [0, 0.05) is 37.4 Å². The summed E-state index contributed by atoms with van der Waals surface area (Å²) in [5, 5.41) is 0. The third-order valence-corrected chi connectivity index (χ3v) is 4.21. The van der Waals surface area contributed by atoms with Gasteiger partial charge in [0.1, 0.15) is 5.82 Å². The van der Waals surface area contributed by atoms with Crippen LogP contribution in [-0.4, -0.2) is 38.5 Å². The first-order valence-corrected chi connectivity index (χ1v) is 7.77. The first-order chi connectivity index (χ1) is 11.2. The summed E-state index contributed by atoms with van der Waals surface area (Å²) in [6, 6.07) is 14.4. The molecule has 23 heavy (non-hydrogen) atoms. The number of nitrogens with two attached hydrogens (primary N) is 1. The molecule has 1 fully saturated rings. The Morgan fingerprint density at radius 3 is 2.17 bits per heavy atom. The zero-order valence-electron chi connectivity index (χ0n) is 12.9. The Kier molecular flexibility index (Phi) is 4.57. The van der Waals surface area contributed by atoms with E-state index in [-0.39, 0.29) is 18.1 Å². The van der Waals surface area contributed by atoms with Crippen LogP contribution >= 0.6 is 0 Å². The number of carbonyl (C=O) groups excluding carboxylic acids is 1. The molecule has 4 nitrogen and oxygen atoms in total. The van der Waals surface area contributed by atoms with Crippen LogP contribution < -0.4 is 15.5 Å². The summed E-state index contributed by atoms with van der Waals surface area (Å²) in [5.41, 5.74) is 7.75. The number of benzene rings is 2. The minimum absolute atomic E-state index is 0.0284. The fraction of sp³-hybridized carbons (Fsp3) is 0.278. The van der Waals surface area contributed by atoms with Crippen molar-refractivity contribution in [2.24, 2.45) is 5.73 Å². The molecule has 0 spiro atoms. The monoisotopic (exact) mass is 313 g/mol. The van der Waals surface area contributed by atoms with Crippen LogP contribution in [0, 0.1) is 5.82 Å². The number of halogens is 1. The van der Waals surface area contributed by atoms with Crippen LogP contribution in [-0.2, 0) is 0 Å². The minimum atomic E-state index is -0.175. The number of anilines is 2. The predicted octanol–water partition coefficient (Wildman–Crippen LogP) is 2.29. The van der Waals surface area contributed by atoms with Crippen molar-refractivity contribution in [3.63, 3.8) is 0 Å². The van der Waals surface area contributed by atoms with E-state index in [1.54, 1.807) is 6.07 Å². The molecule has 5 heteroatoms. The van der Waals surface area contributed by atoms with Gasteiger partial charge in [0.25, 0.3) is 0 Å². The van der Waals surface area contributed by atoms with Crippen molar-refractivity contribution < 1.29 is 9.18 Å². The van der Waals surface area contributed by atoms with Gasteiger partial charge in [0.2, 0.25) is 0 Å². The average molecular weight is 313 g/mol. The van der Waals surface area contributed by atoms with Crippen molar-refractivity contribution in [1.29, 1.82) is 0 Å². The van der Waals surface area contributed by atoms with E-state index in [1.807, 2.05) is 36.4 Å². The second-order valence-corrected chi connectivity index (χ2v) is 5.60. The van der Waals surface area contributed by atoms with Crippen molar-refractivity contribution in [3.05, 3.63) is 59.9 Å². The Hall–Kier alpha value is -2.40. The van der Waals surface area contributed by atoms with Gasteiger partial charge in [0.05, 0.1) is 12.2 Å². The molecule has 1 heterocycles. The topological polar surface area (TPSA) is 49.6 Å². The van der Waals surface area contributed by atoms with E-state index in [2.05, 4.69) is 9.80 Å². The Morgan fingerprint density at radius 2 is 1.57 bits per heavy atom. The zero-order chi connectivity index (χ0) is 16.2. The number of carbonyl (C=O) groups is 1. The lowest BCUT2D eigenvalue weighted by Crippen LogP contribution is -2.46. The molecule has 0 bridgehead atoms. The van der Waals surface area contributed by atoms with Crippen LogP contribution in [0.25, 0.3) is 0 Å². The summed E-state index contributed by atoms with van der Waals surface area (Å²) < 4.78 is 13.9. The fourth-order valence-corrected chi connectivity index (χ4v) is 2.89. The standard InChI is InChI=1S/C18H20FN3O/c19-16-3-1-2-4-17(16)22-11-9-21(10-12-22)15-7-5-14(6-8-15)18(23)13-20/h1-8H,9-13,20H2. The number of piperazine rings is 1. The lowest BCUT2D eigenvalue weighted by molar-refractivity contribution is 0.100. The van der Waals surface area contributed by atoms with E-state index in [0.717, 1.165) is 31.9 Å². The number of hydrogen-bond acceptors (Lipinski definition) is 4. The molecule has 2 N–H and O–H groups in total. The molecule has 0 amide bonds. The molecule has 0 radical (unpaired) electrons. The minimum Gasteiger partial charge on any atom is -0.368 e. The van der Waals surface area contributed by atoms with E-state index in [4.69, 9.17) is 5.73 Å². The third kappa shape index (κ3) is 3.35. The molecule has 0 unspecified atom stereocenters. The lowest BCUT2D eigenvalue weighted by Gasteiger charge is -2.37. The number of para-hydroxylation sites is 1. The van der Waals surface area contributed by atoms with Crippen molar-refractivity contribution in [1.82, 2.24) is 0 Å². The summed E-state index contributed by atoms with van der Waals surface area (Å²) in [4.78, 5) is 15.9. The molecule has 0 saturated carbocycles. The van der Waals surface area contributed by atoms with Gasteiger partial charge in [-0.05, 0) is 36.4 Å². The highest BCUT2D eigenvalue weighted by molar-refractivity contribution is 5.97. The fourth-order valence-electron chi connectivity index (χ4n) is 2.89. The van der Waals surface area contributed by atoms with Crippen LogP contribution in [0.15, 0.2) is 48.5 Å². The van der Waals surface area contributed by atoms with Gasteiger partial charge >= 0.3 is 0 Å². The molecule has 2 aromatic carbocycles. The first-order valence-electron chi connectivity index (χ1n) is 7.77. The first kappa shape index (κ1) is 15.5. The van der Waals surface area contributed by atoms with Crippen LogP contribution in [0.5, 0.6) is 0 Å². The molecule has 120 valence electrons. The van der Waals surface area contributed by atoms with E-state index in [9.17, 15) is 9.18 Å². The van der Waals surface area contributed by atoms with E-state index < -0.39 is 0 Å². The molecule has 0 atom stereocenters. The Balaban J connectivity index is 1.65. The highest BCUT2D eigenvalue weighted by atomic mass is 19.1. The summed E-state index contributed by atoms with van der Waals surface area (Å²) in [6.45, 7) is 3.20. The van der Waals surface area contributed by atoms with Gasteiger partial charge in [-0.3, -0.25) is 4.79 Å². The highest BCUT2D eigenvalue weighted by Crippen LogP contribution is 2.23. The van der Waals surface area contributed by atoms with Gasteiger partial charge in [-0.15, -0.1) is 0 Å². The molecule has 1 aliphatic heterocycles. The molecule has 3 rings (SSSR count). The SMILES string of the molecule is NCC(=O)c1ccc(N2CCN(c3ccccc3F)CC2)cc1. The number of Topliss-reactive ketones (excluding diaryl/α,β-unsaturated/α-hetero) is 1. The summed E-state index contributed by atoms with van der Waals surface area (Å²) in [7, 11) is 0. The Labute approximate surface area is 135 Å². The van der Waals surface area contributed by atoms with Crippen molar-refractivity contribution >= 4 is 17.2 Å². The number of ketones is 1. The zero-order valence-corrected chi connectivity index (χ0v) is 12.9. The maximum absolute atomic E-state index is 13.9. The van der Waals surface area contributed by atoms with Crippen molar-refractivity contribution in [2.75, 3.05) is 42.5 Å². The summed E-state index contributed by atoms with van der Waals surface area (Å²) in [5.74, 6) is -0.230. The summed E-state index contributed by atoms with van der Waals surface area (Å²) >= 11 is 0. The van der Waals surface area contributed by atoms with E-state index >= 15 is 0 Å². The molecule has 1 aliphatic rings. The van der Waals surface area contributed by atoms with Crippen LogP contribution in [0.2, 0.25) is 0 Å². The predicted molar refractivity (Wildman–Crippen MR) is 90.7 cm³/mol. The van der Waals surface area contributed by atoms with Crippen molar-refractivity contribution in [2.45, 2.75) is 0 Å². The van der Waals surface area contributed by atoms with Gasteiger partial charge in [-0.2, -0.15) is 0 Å². The largest absolute Gasteiger partial charge is 0.368 e. The molecular weight excluding hydrogens is 293 g/mol. The van der Waals surface area contributed by atoms with Gasteiger partial charge < -0.3 is 15.5 Å². The van der Waals surface area contributed by atoms with Gasteiger partial charge in [-0.25, -0.2) is 4.39 Å². The Morgan fingerprint density at radius 1 is 0.957 bits per heavy atom. The summed E-state index contributed by atoms with van der Waals surface area (Å²) in [6.07, 6.45) is 0. The number of rotatable bonds is 4. The molecule has 0 aromatic heterocycles. The van der Waals surface area contributed by atoms with Crippen LogP contribution in [0.1, 0.15) is 10.4 Å². The molecule has 2 aromatic rings. The van der Waals surface area contributed by atoms with Crippen molar-refractivity contribution in [3.8, 4) is 0 Å². The quantitative estimate of drug-likeness (QED) is 0.880. The highest BCUT2D eigenvalue weighted by Gasteiger charge is 2.19. The average Bonchev–Trinajstić information content (AvgIpc) is 2.62. The lowest BCUT2D eigenvalue weighted by atomic mass is 10.1. The second-order valence-electron chi connectivity index (χ2n) is 5.60. The van der Waals surface area contributed by atoms with E-state index in [0.29, 0.717) is 11.3 Å². The normalized spacial score (nSPS) is 14.9.